The highest BCUT2D eigenvalue weighted by atomic mass is 32.2. The van der Waals surface area contributed by atoms with E-state index in [1.165, 1.54) is 18.2 Å². The Bertz CT molecular complexity index is 869. The predicted molar refractivity (Wildman–Crippen MR) is 93.1 cm³/mol. The van der Waals surface area contributed by atoms with Gasteiger partial charge in [0, 0.05) is 31.7 Å². The Morgan fingerprint density at radius 2 is 1.81 bits per heavy atom. The van der Waals surface area contributed by atoms with Crippen LogP contribution in [0, 0.1) is 0 Å². The predicted octanol–water partition coefficient (Wildman–Crippen LogP) is 2.86. The molecule has 9 heteroatoms. The molecule has 1 fully saturated rings. The van der Waals surface area contributed by atoms with Gasteiger partial charge >= 0.3 is 6.18 Å². The van der Waals surface area contributed by atoms with Gasteiger partial charge in [-0.2, -0.15) is 13.2 Å². The number of rotatable bonds is 2. The van der Waals surface area contributed by atoms with Gasteiger partial charge in [0.1, 0.15) is 11.7 Å². The molecule has 2 aliphatic rings. The number of hydrogen-bond donors (Lipinski definition) is 1. The van der Waals surface area contributed by atoms with E-state index in [9.17, 15) is 21.6 Å². The summed E-state index contributed by atoms with van der Waals surface area (Å²) in [7, 11) is -3.82. The maximum absolute atomic E-state index is 13.5. The van der Waals surface area contributed by atoms with Crippen molar-refractivity contribution in [1.82, 2.24) is 4.90 Å². The molecule has 0 bridgehead atoms. The number of hydrogen-bond acceptors (Lipinski definition) is 5. The van der Waals surface area contributed by atoms with E-state index >= 15 is 0 Å². The van der Waals surface area contributed by atoms with E-state index in [0.717, 1.165) is 38.3 Å². The number of amidine groups is 1. The van der Waals surface area contributed by atoms with Crippen LogP contribution in [0.2, 0.25) is 0 Å². The molecule has 3 rings (SSSR count). The summed E-state index contributed by atoms with van der Waals surface area (Å²) < 4.78 is 65.0. The molecule has 2 aliphatic heterocycles. The van der Waals surface area contributed by atoms with Crippen molar-refractivity contribution in [2.24, 2.45) is 10.7 Å². The third kappa shape index (κ3) is 3.58. The summed E-state index contributed by atoms with van der Waals surface area (Å²) in [6.07, 6.45) is -1.63. The van der Waals surface area contributed by atoms with E-state index in [0.29, 0.717) is 5.84 Å². The van der Waals surface area contributed by atoms with Crippen LogP contribution < -0.4 is 5.73 Å². The monoisotopic (exact) mass is 387 g/mol. The van der Waals surface area contributed by atoms with E-state index in [2.05, 4.69) is 4.99 Å². The molecule has 0 radical (unpaired) electrons. The zero-order chi connectivity index (χ0) is 19.1. The molecule has 26 heavy (non-hydrogen) atoms. The maximum Gasteiger partial charge on any atom is 0.416 e. The van der Waals surface area contributed by atoms with Crippen LogP contribution >= 0.6 is 0 Å². The Morgan fingerprint density at radius 3 is 2.38 bits per heavy atom. The van der Waals surface area contributed by atoms with E-state index in [1.54, 1.807) is 0 Å². The van der Waals surface area contributed by atoms with Gasteiger partial charge in [-0.05, 0) is 24.5 Å². The van der Waals surface area contributed by atoms with Crippen molar-refractivity contribution in [3.05, 3.63) is 46.1 Å². The normalized spacial score (nSPS) is 21.9. The van der Waals surface area contributed by atoms with Crippen molar-refractivity contribution in [2.45, 2.75) is 31.4 Å². The lowest BCUT2D eigenvalue weighted by Crippen LogP contribution is -2.34. The zero-order valence-corrected chi connectivity index (χ0v) is 15.1. The van der Waals surface area contributed by atoms with Crippen LogP contribution in [0.25, 0.3) is 0 Å². The van der Waals surface area contributed by atoms with Gasteiger partial charge in [0.05, 0.1) is 10.5 Å². The van der Waals surface area contributed by atoms with E-state index in [1.807, 2.05) is 4.90 Å². The fourth-order valence-corrected chi connectivity index (χ4v) is 4.78. The first-order chi connectivity index (χ1) is 12.1. The first-order valence-corrected chi connectivity index (χ1v) is 10.2. The second-order valence-corrected chi connectivity index (χ2v) is 8.57. The highest BCUT2D eigenvalue weighted by Gasteiger charge is 2.40. The Morgan fingerprint density at radius 1 is 1.19 bits per heavy atom. The molecule has 1 unspecified atom stereocenters. The quantitative estimate of drug-likeness (QED) is 0.847. The Balaban J connectivity index is 2.15. The van der Waals surface area contributed by atoms with E-state index in [4.69, 9.17) is 5.73 Å². The van der Waals surface area contributed by atoms with Gasteiger partial charge in [0.25, 0.3) is 0 Å². The molecule has 5 nitrogen and oxygen atoms in total. The molecule has 2 N–H and O–H groups in total. The highest BCUT2D eigenvalue weighted by Crippen LogP contribution is 2.42. The third-order valence-electron chi connectivity index (χ3n) is 4.72. The molecule has 1 atom stereocenters. The molecule has 1 aromatic carbocycles. The Hall–Kier alpha value is -2.03. The van der Waals surface area contributed by atoms with Crippen molar-refractivity contribution >= 4 is 15.7 Å². The molecular weight excluding hydrogens is 367 g/mol. The summed E-state index contributed by atoms with van der Waals surface area (Å²) in [4.78, 5) is 5.95. The molecule has 0 aliphatic carbocycles. The molecule has 0 aromatic heterocycles. The summed E-state index contributed by atoms with van der Waals surface area (Å²) in [5.74, 6) is -0.673. The van der Waals surface area contributed by atoms with Crippen LogP contribution in [0.5, 0.6) is 0 Å². The molecule has 2 heterocycles. The van der Waals surface area contributed by atoms with Crippen molar-refractivity contribution in [1.29, 1.82) is 0 Å². The number of halogens is 3. The first-order valence-electron chi connectivity index (χ1n) is 8.27. The Labute approximate surface area is 150 Å². The third-order valence-corrected chi connectivity index (χ3v) is 6.01. The van der Waals surface area contributed by atoms with Crippen LogP contribution in [-0.4, -0.2) is 38.5 Å². The number of aliphatic imine (C=N–C) groups is 1. The van der Waals surface area contributed by atoms with Crippen LogP contribution in [0.3, 0.4) is 0 Å². The number of nitrogens with two attached hydrogens (primary N) is 1. The maximum atomic E-state index is 13.5. The summed E-state index contributed by atoms with van der Waals surface area (Å²) in [5, 5.41) is 0. The van der Waals surface area contributed by atoms with Crippen LogP contribution in [-0.2, 0) is 16.0 Å². The average Bonchev–Trinajstić information content (AvgIpc) is 3.06. The molecule has 142 valence electrons. The lowest BCUT2D eigenvalue weighted by Gasteiger charge is -2.31. The van der Waals surface area contributed by atoms with Gasteiger partial charge < -0.3 is 10.6 Å². The van der Waals surface area contributed by atoms with Gasteiger partial charge in [-0.25, -0.2) is 13.4 Å². The number of allylic oxidation sites excluding steroid dienone is 1. The van der Waals surface area contributed by atoms with Crippen molar-refractivity contribution in [3.8, 4) is 0 Å². The number of likely N-dealkylation sites (tertiary alicyclic amines) is 1. The van der Waals surface area contributed by atoms with Crippen LogP contribution in [0.1, 0.15) is 36.3 Å². The number of alkyl halides is 3. The summed E-state index contributed by atoms with van der Waals surface area (Å²) in [6.45, 7) is 1.49. The molecular formula is C17H20F3N3O2S. The van der Waals surface area contributed by atoms with Crippen molar-refractivity contribution in [3.63, 3.8) is 0 Å². The standard InChI is InChI=1S/C17H20F3N3O2S/c1-26(24,25)15-12(11-6-2-3-7-13(11)17(18,19)20)10-14(22-16(15)21)23-8-4-5-9-23/h2-3,6-7,12H,4-5,8-10,21H2,1H3. The fourth-order valence-electron chi connectivity index (χ4n) is 3.63. The molecule has 0 amide bonds. The minimum atomic E-state index is -4.59. The van der Waals surface area contributed by atoms with Crippen molar-refractivity contribution < 1.29 is 21.6 Å². The Kier molecular flexibility index (Phi) is 4.76. The second kappa shape index (κ2) is 6.61. The SMILES string of the molecule is CS(=O)(=O)C1=C(N)N=C(N2CCCC2)CC1c1ccccc1C(F)(F)F. The van der Waals surface area contributed by atoms with Crippen molar-refractivity contribution in [2.75, 3.05) is 19.3 Å². The molecule has 1 aromatic rings. The van der Waals surface area contributed by atoms with Crippen LogP contribution in [0.15, 0.2) is 40.0 Å². The largest absolute Gasteiger partial charge is 0.416 e. The van der Waals surface area contributed by atoms with Gasteiger partial charge in [0.2, 0.25) is 0 Å². The second-order valence-electron chi connectivity index (χ2n) is 6.59. The van der Waals surface area contributed by atoms with Gasteiger partial charge in [-0.3, -0.25) is 0 Å². The molecule has 0 spiro atoms. The van der Waals surface area contributed by atoms with E-state index in [-0.39, 0.29) is 22.7 Å². The summed E-state index contributed by atoms with van der Waals surface area (Å²) in [6, 6.07) is 5.05. The topological polar surface area (TPSA) is 75.8 Å². The average molecular weight is 387 g/mol. The van der Waals surface area contributed by atoms with Gasteiger partial charge in [-0.1, -0.05) is 18.2 Å². The lowest BCUT2D eigenvalue weighted by molar-refractivity contribution is -0.138. The minimum Gasteiger partial charge on any atom is -0.383 e. The van der Waals surface area contributed by atoms with Gasteiger partial charge in [0.15, 0.2) is 9.84 Å². The number of sulfone groups is 1. The summed E-state index contributed by atoms with van der Waals surface area (Å²) >= 11 is 0. The van der Waals surface area contributed by atoms with Gasteiger partial charge in [-0.15, -0.1) is 0 Å². The molecule has 0 saturated carbocycles. The van der Waals surface area contributed by atoms with E-state index < -0.39 is 27.5 Å². The minimum absolute atomic E-state index is 0.0796. The smallest absolute Gasteiger partial charge is 0.383 e. The van der Waals surface area contributed by atoms with Crippen LogP contribution in [0.4, 0.5) is 13.2 Å². The fraction of sp³-hybridized carbons (Fsp3) is 0.471. The zero-order valence-electron chi connectivity index (χ0n) is 14.3. The number of benzene rings is 1. The molecule has 1 saturated heterocycles. The first kappa shape index (κ1) is 18.8. The lowest BCUT2D eigenvalue weighted by atomic mass is 9.88. The number of nitrogens with zero attached hydrogens (tertiary/aromatic N) is 2. The highest BCUT2D eigenvalue weighted by molar-refractivity contribution is 7.94. The summed E-state index contributed by atoms with van der Waals surface area (Å²) in [5.41, 5.74) is 4.98.